The summed E-state index contributed by atoms with van der Waals surface area (Å²) < 4.78 is 15.4. The van der Waals surface area contributed by atoms with Crippen LogP contribution in [0, 0.1) is 0 Å². The standard InChI is InChI=1S/C24H22ClNO7S.C23H20ClNO6S/c1-14(27)26(11-15-6-8-18(32-2)9-7-15)12-16-4-3-5-17(10-16)22-20(25)21(33-13-19(28)29)23(34-22)24(30)31;1-14(26)25(11-15-6-3-2-4-7-15)12-16-8-5-9-17(10-16)21-19(24)20(31-13-18(27)28)22(32-21)23(29)30/h3-10H,11-13H2,1-2H3,(H,28,29)(H,30,31);2-10H,11-13H2,1H3,(H,27,28)(H,29,30). The minimum Gasteiger partial charge on any atom is -0.497 e. The van der Waals surface area contributed by atoms with Crippen molar-refractivity contribution >= 4 is 81.6 Å². The summed E-state index contributed by atoms with van der Waals surface area (Å²) in [4.78, 5) is 73.3. The second kappa shape index (κ2) is 23.3. The smallest absolute Gasteiger partial charge is 0.349 e. The van der Waals surface area contributed by atoms with E-state index in [0.717, 1.165) is 50.7 Å². The molecule has 66 heavy (non-hydrogen) atoms. The van der Waals surface area contributed by atoms with Gasteiger partial charge >= 0.3 is 23.9 Å². The van der Waals surface area contributed by atoms with Gasteiger partial charge in [0.1, 0.15) is 15.8 Å². The third kappa shape index (κ3) is 13.6. The van der Waals surface area contributed by atoms with Gasteiger partial charge in [-0.1, -0.05) is 102 Å². The lowest BCUT2D eigenvalue weighted by Crippen LogP contribution is -2.27. The molecule has 0 aliphatic heterocycles. The van der Waals surface area contributed by atoms with Gasteiger partial charge in [-0.3, -0.25) is 9.59 Å². The van der Waals surface area contributed by atoms with Crippen molar-refractivity contribution in [3.8, 4) is 38.1 Å². The van der Waals surface area contributed by atoms with Crippen LogP contribution in [0.3, 0.4) is 0 Å². The van der Waals surface area contributed by atoms with Crippen LogP contribution >= 0.6 is 45.9 Å². The van der Waals surface area contributed by atoms with E-state index < -0.39 is 37.1 Å². The zero-order valence-electron chi connectivity index (χ0n) is 35.5. The number of ether oxygens (including phenoxy) is 3. The summed E-state index contributed by atoms with van der Waals surface area (Å²) in [6, 6.07) is 31.5. The molecule has 0 aliphatic rings. The highest BCUT2D eigenvalue weighted by molar-refractivity contribution is 7.19. The van der Waals surface area contributed by atoms with Crippen LogP contribution in [0.25, 0.3) is 20.9 Å². The second-order valence-corrected chi connectivity index (χ2v) is 17.1. The molecular weight excluding hydrogens is 936 g/mol. The molecule has 2 heterocycles. The molecular formula is C47H42Cl2N2O13S2. The molecule has 0 radical (unpaired) electrons. The lowest BCUT2D eigenvalue weighted by molar-refractivity contribution is -0.140. The number of thiophene rings is 2. The Labute approximate surface area is 396 Å². The van der Waals surface area contributed by atoms with Gasteiger partial charge in [0.15, 0.2) is 34.5 Å². The Morgan fingerprint density at radius 3 is 1.27 bits per heavy atom. The van der Waals surface area contributed by atoms with Gasteiger partial charge < -0.3 is 44.4 Å². The fraction of sp³-hybridized carbons (Fsp3) is 0.191. The van der Waals surface area contributed by atoms with Gasteiger partial charge in [0.2, 0.25) is 11.8 Å². The van der Waals surface area contributed by atoms with Crippen LogP contribution < -0.4 is 14.2 Å². The van der Waals surface area contributed by atoms with Crippen LogP contribution in [-0.2, 0) is 45.4 Å². The molecule has 4 N–H and O–H groups in total. The van der Waals surface area contributed by atoms with Gasteiger partial charge in [0.25, 0.3) is 0 Å². The number of aliphatic carboxylic acids is 2. The summed E-state index contributed by atoms with van der Waals surface area (Å²) >= 11 is 14.6. The van der Waals surface area contributed by atoms with Crippen molar-refractivity contribution in [1.29, 1.82) is 0 Å². The third-order valence-corrected chi connectivity index (χ3v) is 12.8. The number of carbonyl (C=O) groups is 6. The molecule has 19 heteroatoms. The first kappa shape index (κ1) is 50.1. The number of hydrogen-bond donors (Lipinski definition) is 4. The molecule has 15 nitrogen and oxygen atoms in total. The first-order valence-corrected chi connectivity index (χ1v) is 22.0. The maximum atomic E-state index is 12.3. The highest BCUT2D eigenvalue weighted by Crippen LogP contribution is 2.47. The lowest BCUT2D eigenvalue weighted by atomic mass is 10.1. The zero-order chi connectivity index (χ0) is 48.1. The van der Waals surface area contributed by atoms with Crippen LogP contribution in [0.15, 0.2) is 103 Å². The van der Waals surface area contributed by atoms with Gasteiger partial charge in [-0.25, -0.2) is 19.2 Å². The number of benzene rings is 4. The number of hydrogen-bond acceptors (Lipinski definition) is 11. The summed E-state index contributed by atoms with van der Waals surface area (Å²) in [6.45, 7) is 3.12. The number of halogens is 2. The van der Waals surface area contributed by atoms with Crippen LogP contribution in [0.2, 0.25) is 10.0 Å². The summed E-state index contributed by atoms with van der Waals surface area (Å²) in [7, 11) is 1.59. The first-order valence-electron chi connectivity index (χ1n) is 19.6. The van der Waals surface area contributed by atoms with Gasteiger partial charge in [-0.05, 0) is 57.6 Å². The number of carbonyl (C=O) groups excluding carboxylic acids is 2. The van der Waals surface area contributed by atoms with E-state index in [1.165, 1.54) is 13.8 Å². The molecule has 0 aliphatic carbocycles. The predicted octanol–water partition coefficient (Wildman–Crippen LogP) is 9.57. The van der Waals surface area contributed by atoms with E-state index in [2.05, 4.69) is 0 Å². The third-order valence-electron chi connectivity index (χ3n) is 9.45. The van der Waals surface area contributed by atoms with Crippen molar-refractivity contribution in [2.75, 3.05) is 20.3 Å². The summed E-state index contributed by atoms with van der Waals surface area (Å²) in [5.41, 5.74) is 4.88. The normalized spacial score (nSPS) is 10.6. The van der Waals surface area contributed by atoms with Crippen molar-refractivity contribution < 1.29 is 63.4 Å². The minimum absolute atomic E-state index is 0.0301. The number of carboxylic acid groups (broad SMARTS) is 4. The zero-order valence-corrected chi connectivity index (χ0v) is 38.6. The summed E-state index contributed by atoms with van der Waals surface area (Å²) in [5.74, 6) is -4.81. The quantitative estimate of drug-likeness (QED) is 0.0595. The van der Waals surface area contributed by atoms with Crippen molar-refractivity contribution in [3.05, 3.63) is 145 Å². The van der Waals surface area contributed by atoms with E-state index in [-0.39, 0.29) is 43.1 Å². The van der Waals surface area contributed by atoms with Crippen LogP contribution in [0.1, 0.15) is 55.4 Å². The molecule has 0 saturated heterocycles. The number of amides is 2. The van der Waals surface area contributed by atoms with Gasteiger partial charge in [-0.2, -0.15) is 0 Å². The molecule has 344 valence electrons. The molecule has 0 spiro atoms. The molecule has 0 saturated carbocycles. The van der Waals surface area contributed by atoms with Gasteiger partial charge in [0.05, 0.1) is 16.9 Å². The molecule has 0 atom stereocenters. The van der Waals surface area contributed by atoms with Crippen LogP contribution in [0.4, 0.5) is 0 Å². The number of aromatic carboxylic acids is 2. The van der Waals surface area contributed by atoms with Crippen LogP contribution in [-0.4, -0.2) is 86.2 Å². The van der Waals surface area contributed by atoms with Gasteiger partial charge in [-0.15, -0.1) is 22.7 Å². The minimum atomic E-state index is -1.27. The van der Waals surface area contributed by atoms with E-state index in [9.17, 15) is 39.0 Å². The molecule has 4 aromatic carbocycles. The summed E-state index contributed by atoms with van der Waals surface area (Å²) in [6.07, 6.45) is 0. The molecule has 0 fully saturated rings. The topological polar surface area (TPSA) is 218 Å². The average molecular weight is 978 g/mol. The first-order chi connectivity index (χ1) is 31.4. The molecule has 6 aromatic rings. The molecule has 0 unspecified atom stereocenters. The number of rotatable bonds is 19. The Bertz CT molecular complexity index is 2720. The van der Waals surface area contributed by atoms with E-state index in [1.807, 2.05) is 78.9 Å². The average Bonchev–Trinajstić information content (AvgIpc) is 3.81. The molecule has 2 amide bonds. The fourth-order valence-electron chi connectivity index (χ4n) is 6.35. The Kier molecular flexibility index (Phi) is 17.7. The Morgan fingerprint density at radius 2 is 0.909 bits per heavy atom. The Balaban J connectivity index is 0.000000248. The van der Waals surface area contributed by atoms with Crippen molar-refractivity contribution in [2.45, 2.75) is 40.0 Å². The number of nitrogens with zero attached hydrogens (tertiary/aromatic N) is 2. The number of carboxylic acids is 4. The monoisotopic (exact) mass is 976 g/mol. The van der Waals surface area contributed by atoms with E-state index >= 15 is 0 Å². The fourth-order valence-corrected chi connectivity index (χ4v) is 9.15. The van der Waals surface area contributed by atoms with Crippen LogP contribution in [0.5, 0.6) is 17.2 Å². The van der Waals surface area contributed by atoms with Crippen molar-refractivity contribution in [3.63, 3.8) is 0 Å². The highest BCUT2D eigenvalue weighted by atomic mass is 35.5. The molecule has 2 aromatic heterocycles. The SMILES string of the molecule is CC(=O)N(Cc1ccccc1)Cc1cccc(-c2sc(C(=O)O)c(OCC(=O)O)c2Cl)c1.COc1ccc(CN(Cc2cccc(-c3sc(C(=O)O)c(OCC(=O)O)c3Cl)c2)C(C)=O)cc1. The second-order valence-electron chi connectivity index (χ2n) is 14.3. The van der Waals surface area contributed by atoms with E-state index in [1.54, 1.807) is 41.2 Å². The molecule has 6 rings (SSSR count). The van der Waals surface area contributed by atoms with Gasteiger partial charge in [0, 0.05) is 40.0 Å². The van der Waals surface area contributed by atoms with E-state index in [0.29, 0.717) is 47.1 Å². The van der Waals surface area contributed by atoms with Crippen molar-refractivity contribution in [1.82, 2.24) is 9.80 Å². The van der Waals surface area contributed by atoms with Crippen molar-refractivity contribution in [2.24, 2.45) is 0 Å². The molecule has 0 bridgehead atoms. The number of methoxy groups -OCH3 is 1. The largest absolute Gasteiger partial charge is 0.497 e. The summed E-state index contributed by atoms with van der Waals surface area (Å²) in [5, 5.41) is 36.7. The Hall–Kier alpha value is -6.92. The highest BCUT2D eigenvalue weighted by Gasteiger charge is 2.27. The van der Waals surface area contributed by atoms with E-state index in [4.69, 9.17) is 47.6 Å². The Morgan fingerprint density at radius 1 is 0.530 bits per heavy atom. The maximum Gasteiger partial charge on any atom is 0.349 e. The predicted molar refractivity (Wildman–Crippen MR) is 249 cm³/mol. The lowest BCUT2D eigenvalue weighted by Gasteiger charge is -2.22. The maximum absolute atomic E-state index is 12.3.